The fourth-order valence-electron chi connectivity index (χ4n) is 4.94. The number of thiazole rings is 1. The van der Waals surface area contributed by atoms with Crippen molar-refractivity contribution >= 4 is 39.1 Å². The topological polar surface area (TPSA) is 87.1 Å². The summed E-state index contributed by atoms with van der Waals surface area (Å²) in [6.45, 7) is 10.1. The minimum Gasteiger partial charge on any atom is -0.354 e. The maximum Gasteiger partial charge on any atom is 0.274 e. The zero-order chi connectivity index (χ0) is 27.6. The quantitative estimate of drug-likeness (QED) is 0.282. The summed E-state index contributed by atoms with van der Waals surface area (Å²) in [5.74, 6) is 1.03. The van der Waals surface area contributed by atoms with Crippen LogP contribution in [0.25, 0.3) is 32.3 Å². The molecule has 40 heavy (non-hydrogen) atoms. The molecule has 1 fully saturated rings. The van der Waals surface area contributed by atoms with Crippen LogP contribution < -0.4 is 10.2 Å². The molecule has 8 nitrogen and oxygen atoms in total. The summed E-state index contributed by atoms with van der Waals surface area (Å²) >= 11 is 1.50. The Morgan fingerprint density at radius 1 is 0.925 bits per heavy atom. The highest BCUT2D eigenvalue weighted by Gasteiger charge is 2.23. The van der Waals surface area contributed by atoms with Crippen molar-refractivity contribution in [2.45, 2.75) is 26.8 Å². The van der Waals surface area contributed by atoms with Gasteiger partial charge < -0.3 is 10.2 Å². The number of amides is 1. The number of hydrogen-bond acceptors (Lipinski definition) is 8. The maximum atomic E-state index is 13.7. The van der Waals surface area contributed by atoms with Gasteiger partial charge in [0.15, 0.2) is 5.82 Å². The fraction of sp³-hybridized carbons (Fsp3) is 0.258. The van der Waals surface area contributed by atoms with Crippen LogP contribution >= 0.6 is 11.3 Å². The predicted octanol–water partition coefficient (Wildman–Crippen LogP) is 5.91. The Labute approximate surface area is 237 Å². The van der Waals surface area contributed by atoms with Gasteiger partial charge in [-0.15, -0.1) is 0 Å². The number of carbonyl (C=O) groups is 1. The minimum absolute atomic E-state index is 0.287. The molecule has 0 radical (unpaired) electrons. The average molecular weight is 550 g/mol. The van der Waals surface area contributed by atoms with E-state index in [2.05, 4.69) is 33.9 Å². The van der Waals surface area contributed by atoms with Gasteiger partial charge in [0.1, 0.15) is 26.9 Å². The Bertz CT molecular complexity index is 1640. The van der Waals surface area contributed by atoms with E-state index in [0.29, 0.717) is 23.2 Å². The van der Waals surface area contributed by atoms with Crippen molar-refractivity contribution in [3.63, 3.8) is 0 Å². The number of carbonyl (C=O) groups excluding carboxylic acids is 1. The first-order chi connectivity index (χ1) is 19.4. The number of pyridine rings is 1. The number of nitrogens with zero attached hydrogens (tertiary/aromatic N) is 6. The average Bonchev–Trinajstić information content (AvgIpc) is 3.41. The summed E-state index contributed by atoms with van der Waals surface area (Å²) in [7, 11) is 0. The molecule has 0 bridgehead atoms. The molecule has 1 amide bonds. The van der Waals surface area contributed by atoms with Gasteiger partial charge >= 0.3 is 0 Å². The summed E-state index contributed by atoms with van der Waals surface area (Å²) in [5, 5.41) is 3.90. The minimum atomic E-state index is -0.287. The fourth-order valence-corrected chi connectivity index (χ4v) is 5.89. The normalized spacial score (nSPS) is 14.2. The Morgan fingerprint density at radius 2 is 1.75 bits per heavy atom. The number of fused-ring (bicyclic) bond motifs is 1. The molecule has 5 aromatic rings. The van der Waals surface area contributed by atoms with Crippen LogP contribution in [0.1, 0.15) is 29.9 Å². The number of aromatic nitrogens is 4. The van der Waals surface area contributed by atoms with E-state index < -0.39 is 0 Å². The van der Waals surface area contributed by atoms with E-state index in [1.807, 2.05) is 73.7 Å². The monoisotopic (exact) mass is 549 g/mol. The first kappa shape index (κ1) is 26.0. The number of piperazine rings is 1. The number of rotatable bonds is 6. The molecule has 9 heteroatoms. The van der Waals surface area contributed by atoms with E-state index in [4.69, 9.17) is 15.0 Å². The van der Waals surface area contributed by atoms with Gasteiger partial charge in [-0.3, -0.25) is 9.69 Å². The molecule has 0 unspecified atom stereocenters. The van der Waals surface area contributed by atoms with Crippen LogP contribution in [0.5, 0.6) is 0 Å². The molecule has 0 atom stereocenters. The lowest BCUT2D eigenvalue weighted by Crippen LogP contribution is -2.49. The molecule has 0 spiro atoms. The lowest BCUT2D eigenvalue weighted by Gasteiger charge is -2.37. The highest BCUT2D eigenvalue weighted by Crippen LogP contribution is 2.34. The van der Waals surface area contributed by atoms with Crippen molar-refractivity contribution < 1.29 is 4.79 Å². The predicted molar refractivity (Wildman–Crippen MR) is 162 cm³/mol. The summed E-state index contributed by atoms with van der Waals surface area (Å²) in [4.78, 5) is 38.1. The van der Waals surface area contributed by atoms with Gasteiger partial charge in [-0.25, -0.2) is 19.9 Å². The van der Waals surface area contributed by atoms with E-state index in [9.17, 15) is 4.79 Å². The zero-order valence-corrected chi connectivity index (χ0v) is 23.7. The van der Waals surface area contributed by atoms with Crippen LogP contribution in [-0.4, -0.2) is 63.0 Å². The second kappa shape index (κ2) is 11.1. The van der Waals surface area contributed by atoms with Crippen molar-refractivity contribution in [1.82, 2.24) is 24.8 Å². The van der Waals surface area contributed by atoms with E-state index >= 15 is 0 Å². The molecule has 1 aliphatic rings. The van der Waals surface area contributed by atoms with E-state index in [0.717, 1.165) is 64.0 Å². The second-order valence-electron chi connectivity index (χ2n) is 10.3. The molecule has 202 valence electrons. The standard InChI is InChI=1S/C31H31N7OS/c1-20(2)37-14-16-38(17-15-37)27-19-26(33-28(36-27)22-9-6-8-21(3)18-22)29(39)34-24-11-5-4-10-23(24)30-35-25-12-7-13-32-31(25)40-30/h4-13,18-20H,14-17H2,1-3H3,(H,34,39). The van der Waals surface area contributed by atoms with Crippen LogP contribution in [0.4, 0.5) is 11.5 Å². The third-order valence-corrected chi connectivity index (χ3v) is 8.17. The van der Waals surface area contributed by atoms with Gasteiger partial charge in [0.2, 0.25) is 0 Å². The van der Waals surface area contributed by atoms with Crippen molar-refractivity contribution in [3.05, 3.63) is 84.2 Å². The first-order valence-electron chi connectivity index (χ1n) is 13.5. The van der Waals surface area contributed by atoms with Gasteiger partial charge in [0, 0.05) is 55.6 Å². The number of anilines is 2. The maximum absolute atomic E-state index is 13.7. The van der Waals surface area contributed by atoms with Crippen molar-refractivity contribution in [2.24, 2.45) is 0 Å². The third kappa shape index (κ3) is 5.43. The van der Waals surface area contributed by atoms with Crippen LogP contribution in [0.15, 0.2) is 72.9 Å². The van der Waals surface area contributed by atoms with Crippen LogP contribution in [0.2, 0.25) is 0 Å². The molecule has 1 N–H and O–H groups in total. The molecule has 1 aliphatic heterocycles. The largest absolute Gasteiger partial charge is 0.354 e. The van der Waals surface area contributed by atoms with Gasteiger partial charge in [-0.2, -0.15) is 0 Å². The lowest BCUT2D eigenvalue weighted by atomic mass is 10.1. The zero-order valence-electron chi connectivity index (χ0n) is 22.8. The lowest BCUT2D eigenvalue weighted by molar-refractivity contribution is 0.102. The van der Waals surface area contributed by atoms with E-state index in [-0.39, 0.29) is 5.91 Å². The number of benzene rings is 2. The van der Waals surface area contributed by atoms with Gasteiger partial charge in [0.25, 0.3) is 5.91 Å². The van der Waals surface area contributed by atoms with Crippen molar-refractivity contribution in [3.8, 4) is 22.0 Å². The highest BCUT2D eigenvalue weighted by molar-refractivity contribution is 7.21. The number of hydrogen-bond donors (Lipinski definition) is 1. The van der Waals surface area contributed by atoms with Crippen LogP contribution in [-0.2, 0) is 0 Å². The Kier molecular flexibility index (Phi) is 7.23. The second-order valence-corrected chi connectivity index (χ2v) is 11.2. The number of para-hydroxylation sites is 1. The van der Waals surface area contributed by atoms with Gasteiger partial charge in [0.05, 0.1) is 5.69 Å². The van der Waals surface area contributed by atoms with E-state index in [1.165, 1.54) is 11.3 Å². The Morgan fingerprint density at radius 3 is 2.52 bits per heavy atom. The Balaban J connectivity index is 1.34. The van der Waals surface area contributed by atoms with Crippen molar-refractivity contribution in [1.29, 1.82) is 0 Å². The first-order valence-corrected chi connectivity index (χ1v) is 14.3. The third-order valence-electron chi connectivity index (χ3n) is 7.16. The molecule has 3 aromatic heterocycles. The molecule has 2 aromatic carbocycles. The van der Waals surface area contributed by atoms with Crippen molar-refractivity contribution in [2.75, 3.05) is 36.4 Å². The smallest absolute Gasteiger partial charge is 0.274 e. The van der Waals surface area contributed by atoms with Gasteiger partial charge in [-0.1, -0.05) is 47.2 Å². The van der Waals surface area contributed by atoms with Crippen LogP contribution in [0, 0.1) is 6.92 Å². The summed E-state index contributed by atoms with van der Waals surface area (Å²) in [5.41, 5.74) is 4.69. The molecule has 4 heterocycles. The molecular weight excluding hydrogens is 518 g/mol. The summed E-state index contributed by atoms with van der Waals surface area (Å²) in [6, 6.07) is 21.9. The van der Waals surface area contributed by atoms with Crippen LogP contribution in [0.3, 0.4) is 0 Å². The molecular formula is C31H31N7OS. The molecule has 6 rings (SSSR count). The summed E-state index contributed by atoms with van der Waals surface area (Å²) in [6.07, 6.45) is 1.76. The van der Waals surface area contributed by atoms with Gasteiger partial charge in [-0.05, 0) is 51.1 Å². The number of nitrogens with one attached hydrogen (secondary N) is 1. The highest BCUT2D eigenvalue weighted by atomic mass is 32.1. The van der Waals surface area contributed by atoms with E-state index in [1.54, 1.807) is 6.20 Å². The Hall–Kier alpha value is -4.21. The number of aryl methyl sites for hydroxylation is 1. The SMILES string of the molecule is Cc1cccc(-c2nc(C(=O)Nc3ccccc3-c3nc4cccnc4s3)cc(N3CCN(C(C)C)CC3)n2)c1. The summed E-state index contributed by atoms with van der Waals surface area (Å²) < 4.78 is 0. The molecule has 1 saturated heterocycles. The molecule has 0 saturated carbocycles. The molecule has 0 aliphatic carbocycles.